The van der Waals surface area contributed by atoms with E-state index >= 15 is 0 Å². The Morgan fingerprint density at radius 2 is 2.20 bits per heavy atom. The number of likely N-dealkylation sites (N-methyl/N-ethyl adjacent to an activating group) is 1. The first kappa shape index (κ1) is 14.8. The highest BCUT2D eigenvalue weighted by Crippen LogP contribution is 2.22. The van der Waals surface area contributed by atoms with E-state index in [0.717, 1.165) is 12.8 Å². The van der Waals surface area contributed by atoms with Gasteiger partial charge in [-0.15, -0.1) is 0 Å². The summed E-state index contributed by atoms with van der Waals surface area (Å²) in [5.41, 5.74) is 0.452. The van der Waals surface area contributed by atoms with Crippen LogP contribution in [-0.4, -0.2) is 36.8 Å². The molecule has 0 spiro atoms. The highest BCUT2D eigenvalue weighted by molar-refractivity contribution is 5.89. The molecule has 1 heterocycles. The van der Waals surface area contributed by atoms with Gasteiger partial charge in [0.25, 0.3) is 0 Å². The van der Waals surface area contributed by atoms with Gasteiger partial charge in [-0.1, -0.05) is 6.42 Å². The molecule has 110 valence electrons. The molecular weight excluding hydrogens is 256 g/mol. The second-order valence-electron chi connectivity index (χ2n) is 4.94. The van der Waals surface area contributed by atoms with Crippen LogP contribution in [0.1, 0.15) is 43.0 Å². The van der Waals surface area contributed by atoms with Crippen molar-refractivity contribution in [2.24, 2.45) is 0 Å². The number of pyridine rings is 1. The summed E-state index contributed by atoms with van der Waals surface area (Å²) in [7, 11) is 1.96. The standard InChI is InChI=1S/C15H22N2O3/c1-3-19-15(18)11-8-9-14(17-10-11)20-13-7-5-4-6-12(13)16-2/h8-10,12-13,16H,3-7H2,1-2H3. The first-order valence-electron chi connectivity index (χ1n) is 7.21. The summed E-state index contributed by atoms with van der Waals surface area (Å²) >= 11 is 0. The van der Waals surface area contributed by atoms with Crippen molar-refractivity contribution in [3.63, 3.8) is 0 Å². The van der Waals surface area contributed by atoms with Gasteiger partial charge in [0.15, 0.2) is 0 Å². The zero-order valence-electron chi connectivity index (χ0n) is 12.1. The minimum atomic E-state index is -0.350. The molecule has 0 aliphatic heterocycles. The molecule has 20 heavy (non-hydrogen) atoms. The van der Waals surface area contributed by atoms with Crippen molar-refractivity contribution in [2.75, 3.05) is 13.7 Å². The van der Waals surface area contributed by atoms with E-state index in [-0.39, 0.29) is 12.1 Å². The van der Waals surface area contributed by atoms with E-state index < -0.39 is 0 Å². The smallest absolute Gasteiger partial charge is 0.339 e. The zero-order chi connectivity index (χ0) is 14.4. The van der Waals surface area contributed by atoms with E-state index in [9.17, 15) is 4.79 Å². The van der Waals surface area contributed by atoms with Crippen LogP contribution in [0.25, 0.3) is 0 Å². The van der Waals surface area contributed by atoms with Gasteiger partial charge < -0.3 is 14.8 Å². The van der Waals surface area contributed by atoms with Gasteiger partial charge in [-0.25, -0.2) is 9.78 Å². The average molecular weight is 278 g/mol. The maximum absolute atomic E-state index is 11.5. The number of aromatic nitrogens is 1. The molecule has 1 aliphatic carbocycles. The van der Waals surface area contributed by atoms with Crippen molar-refractivity contribution >= 4 is 5.97 Å². The third-order valence-corrected chi connectivity index (χ3v) is 3.59. The Hall–Kier alpha value is -1.62. The molecule has 0 radical (unpaired) electrons. The quantitative estimate of drug-likeness (QED) is 0.836. The number of hydrogen-bond acceptors (Lipinski definition) is 5. The Morgan fingerprint density at radius 3 is 2.85 bits per heavy atom. The van der Waals surface area contributed by atoms with E-state index in [2.05, 4.69) is 10.3 Å². The molecule has 5 heteroatoms. The zero-order valence-corrected chi connectivity index (χ0v) is 12.1. The maximum Gasteiger partial charge on any atom is 0.339 e. The largest absolute Gasteiger partial charge is 0.473 e. The van der Waals surface area contributed by atoms with Crippen molar-refractivity contribution in [1.82, 2.24) is 10.3 Å². The van der Waals surface area contributed by atoms with Crippen LogP contribution in [0.15, 0.2) is 18.3 Å². The fraction of sp³-hybridized carbons (Fsp3) is 0.600. The second-order valence-corrected chi connectivity index (χ2v) is 4.94. The Kier molecular flexibility index (Phi) is 5.35. The number of rotatable bonds is 5. The lowest BCUT2D eigenvalue weighted by atomic mass is 9.92. The van der Waals surface area contributed by atoms with Gasteiger partial charge in [-0.2, -0.15) is 0 Å². The lowest BCUT2D eigenvalue weighted by molar-refractivity contribution is 0.0525. The van der Waals surface area contributed by atoms with Crippen molar-refractivity contribution in [3.8, 4) is 5.88 Å². The highest BCUT2D eigenvalue weighted by Gasteiger charge is 2.25. The van der Waals surface area contributed by atoms with E-state index in [0.29, 0.717) is 24.1 Å². The molecule has 0 amide bonds. The number of ether oxygens (including phenoxy) is 2. The molecular formula is C15H22N2O3. The third kappa shape index (κ3) is 3.70. The molecule has 1 aliphatic rings. The van der Waals surface area contributed by atoms with E-state index in [4.69, 9.17) is 9.47 Å². The van der Waals surface area contributed by atoms with Crippen LogP contribution in [0.3, 0.4) is 0 Å². The van der Waals surface area contributed by atoms with Crippen LogP contribution in [0.2, 0.25) is 0 Å². The average Bonchev–Trinajstić information content (AvgIpc) is 2.49. The number of esters is 1. The summed E-state index contributed by atoms with van der Waals surface area (Å²) in [5.74, 6) is 0.211. The van der Waals surface area contributed by atoms with Crippen LogP contribution in [0.5, 0.6) is 5.88 Å². The van der Waals surface area contributed by atoms with Crippen LogP contribution in [0.4, 0.5) is 0 Å². The number of carbonyl (C=O) groups is 1. The lowest BCUT2D eigenvalue weighted by Crippen LogP contribution is -2.43. The summed E-state index contributed by atoms with van der Waals surface area (Å²) in [6.45, 7) is 2.15. The Bertz CT molecular complexity index is 433. The van der Waals surface area contributed by atoms with E-state index in [1.807, 2.05) is 7.05 Å². The molecule has 1 aromatic rings. The number of hydrogen-bond donors (Lipinski definition) is 1. The first-order valence-corrected chi connectivity index (χ1v) is 7.21. The molecule has 2 rings (SSSR count). The van der Waals surface area contributed by atoms with Gasteiger partial charge in [-0.05, 0) is 39.3 Å². The second kappa shape index (κ2) is 7.24. The molecule has 1 aromatic heterocycles. The molecule has 5 nitrogen and oxygen atoms in total. The molecule has 1 N–H and O–H groups in total. The molecule has 2 atom stereocenters. The van der Waals surface area contributed by atoms with Gasteiger partial charge in [0.05, 0.1) is 12.2 Å². The minimum absolute atomic E-state index is 0.148. The normalized spacial score (nSPS) is 22.3. The fourth-order valence-electron chi connectivity index (χ4n) is 2.51. The van der Waals surface area contributed by atoms with Crippen LogP contribution < -0.4 is 10.1 Å². The number of nitrogens with zero attached hydrogens (tertiary/aromatic N) is 1. The molecule has 1 saturated carbocycles. The SMILES string of the molecule is CCOC(=O)c1ccc(OC2CCCCC2NC)nc1. The van der Waals surface area contributed by atoms with Crippen molar-refractivity contribution in [2.45, 2.75) is 44.8 Å². The predicted octanol–water partition coefficient (Wildman–Crippen LogP) is 2.17. The minimum Gasteiger partial charge on any atom is -0.473 e. The van der Waals surface area contributed by atoms with Crippen LogP contribution in [-0.2, 0) is 4.74 Å². The summed E-state index contributed by atoms with van der Waals surface area (Å²) in [5, 5.41) is 3.29. The van der Waals surface area contributed by atoms with Crippen molar-refractivity contribution in [3.05, 3.63) is 23.9 Å². The maximum atomic E-state index is 11.5. The van der Waals surface area contributed by atoms with Gasteiger partial charge in [0.1, 0.15) is 6.10 Å². The summed E-state index contributed by atoms with van der Waals surface area (Å²) < 4.78 is 10.9. The van der Waals surface area contributed by atoms with Crippen molar-refractivity contribution in [1.29, 1.82) is 0 Å². The lowest BCUT2D eigenvalue weighted by Gasteiger charge is -2.31. The molecule has 0 bridgehead atoms. The first-order chi connectivity index (χ1) is 9.74. The Morgan fingerprint density at radius 1 is 1.40 bits per heavy atom. The topological polar surface area (TPSA) is 60.5 Å². The third-order valence-electron chi connectivity index (χ3n) is 3.59. The van der Waals surface area contributed by atoms with Crippen LogP contribution >= 0.6 is 0 Å². The van der Waals surface area contributed by atoms with Gasteiger partial charge >= 0.3 is 5.97 Å². The van der Waals surface area contributed by atoms with Crippen molar-refractivity contribution < 1.29 is 14.3 Å². The van der Waals surface area contributed by atoms with Gasteiger partial charge in [0.2, 0.25) is 5.88 Å². The molecule has 0 saturated heterocycles. The van der Waals surface area contributed by atoms with Gasteiger partial charge in [-0.3, -0.25) is 0 Å². The van der Waals surface area contributed by atoms with Crippen LogP contribution in [0, 0.1) is 0 Å². The monoisotopic (exact) mass is 278 g/mol. The molecule has 0 aromatic carbocycles. The van der Waals surface area contributed by atoms with E-state index in [1.54, 1.807) is 19.1 Å². The fourth-order valence-corrected chi connectivity index (χ4v) is 2.51. The van der Waals surface area contributed by atoms with Gasteiger partial charge in [0, 0.05) is 18.3 Å². The molecule has 2 unspecified atom stereocenters. The summed E-state index contributed by atoms with van der Waals surface area (Å²) in [4.78, 5) is 15.7. The molecule has 1 fully saturated rings. The summed E-state index contributed by atoms with van der Waals surface area (Å²) in [6, 6.07) is 3.79. The predicted molar refractivity (Wildman–Crippen MR) is 75.9 cm³/mol. The Labute approximate surface area is 119 Å². The number of carbonyl (C=O) groups excluding carboxylic acids is 1. The Balaban J connectivity index is 1.97. The van der Waals surface area contributed by atoms with E-state index in [1.165, 1.54) is 19.0 Å². The summed E-state index contributed by atoms with van der Waals surface area (Å²) in [6.07, 6.45) is 6.23. The highest BCUT2D eigenvalue weighted by atomic mass is 16.5. The number of nitrogens with one attached hydrogen (secondary N) is 1.